The quantitative estimate of drug-likeness (QED) is 0.605. The van der Waals surface area contributed by atoms with Crippen molar-refractivity contribution >= 4 is 28.6 Å². The van der Waals surface area contributed by atoms with Gasteiger partial charge in [0.15, 0.2) is 0 Å². The van der Waals surface area contributed by atoms with Crippen LogP contribution in [-0.2, 0) is 6.42 Å². The lowest BCUT2D eigenvalue weighted by Crippen LogP contribution is -2.54. The third-order valence-corrected chi connectivity index (χ3v) is 6.42. The predicted octanol–water partition coefficient (Wildman–Crippen LogP) is 4.44. The van der Waals surface area contributed by atoms with Crippen LogP contribution in [0.2, 0.25) is 0 Å². The first kappa shape index (κ1) is 21.6. The number of nitrogens with zero attached hydrogens (tertiary/aromatic N) is 3. The van der Waals surface area contributed by atoms with Gasteiger partial charge in [0.05, 0.1) is 11.3 Å². The summed E-state index contributed by atoms with van der Waals surface area (Å²) in [6.07, 6.45) is 8.53. The molecule has 1 aromatic carbocycles. The molecule has 1 fully saturated rings. The Labute approximate surface area is 194 Å². The van der Waals surface area contributed by atoms with Gasteiger partial charge < -0.3 is 14.6 Å². The van der Waals surface area contributed by atoms with Gasteiger partial charge >= 0.3 is 5.63 Å². The first-order chi connectivity index (χ1) is 16.0. The SMILES string of the molecule is CC1CN(c2ccc3cc(C4=CCCC(Cc5ccccn5)C=N4)c(=O)oc3c2)CC(C)N1. The van der Waals surface area contributed by atoms with E-state index in [0.717, 1.165) is 49.1 Å². The highest BCUT2D eigenvalue weighted by molar-refractivity contribution is 5.85. The first-order valence-electron chi connectivity index (χ1n) is 11.8. The van der Waals surface area contributed by atoms with E-state index in [1.807, 2.05) is 54.9 Å². The molecule has 3 aromatic rings. The van der Waals surface area contributed by atoms with Crippen LogP contribution in [-0.4, -0.2) is 36.4 Å². The summed E-state index contributed by atoms with van der Waals surface area (Å²) in [5.74, 6) is 0.299. The van der Waals surface area contributed by atoms with Crippen LogP contribution in [0.4, 0.5) is 5.69 Å². The predicted molar refractivity (Wildman–Crippen MR) is 134 cm³/mol. The molecule has 0 bridgehead atoms. The highest BCUT2D eigenvalue weighted by Gasteiger charge is 2.22. The molecule has 1 N–H and O–H groups in total. The minimum absolute atomic E-state index is 0.299. The number of rotatable bonds is 4. The Morgan fingerprint density at radius 2 is 1.97 bits per heavy atom. The molecule has 2 aromatic heterocycles. The van der Waals surface area contributed by atoms with E-state index >= 15 is 0 Å². The fourth-order valence-corrected chi connectivity index (χ4v) is 4.88. The Bertz CT molecular complexity index is 1240. The second-order valence-electron chi connectivity index (χ2n) is 9.27. The molecule has 0 saturated carbocycles. The maximum absolute atomic E-state index is 12.9. The lowest BCUT2D eigenvalue weighted by atomic mass is 9.99. The maximum atomic E-state index is 12.9. The number of benzene rings is 1. The van der Waals surface area contributed by atoms with Crippen LogP contribution in [0.25, 0.3) is 16.7 Å². The molecule has 2 aliphatic heterocycles. The Hall–Kier alpha value is -3.25. The van der Waals surface area contributed by atoms with Crippen molar-refractivity contribution < 1.29 is 4.42 Å². The lowest BCUT2D eigenvalue weighted by molar-refractivity contribution is 0.407. The number of nitrogens with one attached hydrogen (secondary N) is 1. The number of pyridine rings is 1. The van der Waals surface area contributed by atoms with Gasteiger partial charge in [-0.2, -0.15) is 0 Å². The second-order valence-corrected chi connectivity index (χ2v) is 9.27. The minimum atomic E-state index is -0.340. The largest absolute Gasteiger partial charge is 0.422 e. The van der Waals surface area contributed by atoms with Crippen LogP contribution in [0.3, 0.4) is 0 Å². The van der Waals surface area contributed by atoms with E-state index in [1.54, 1.807) is 0 Å². The van der Waals surface area contributed by atoms with Crippen molar-refractivity contribution in [3.63, 3.8) is 0 Å². The minimum Gasteiger partial charge on any atom is -0.422 e. The summed E-state index contributed by atoms with van der Waals surface area (Å²) >= 11 is 0. The molecular weight excluding hydrogens is 412 g/mol. The van der Waals surface area contributed by atoms with Crippen molar-refractivity contribution in [2.24, 2.45) is 10.9 Å². The smallest absolute Gasteiger partial charge is 0.345 e. The highest BCUT2D eigenvalue weighted by Crippen LogP contribution is 2.27. The Kier molecular flexibility index (Phi) is 6.09. The van der Waals surface area contributed by atoms with Gasteiger partial charge in [0.25, 0.3) is 0 Å². The van der Waals surface area contributed by atoms with Gasteiger partial charge in [-0.25, -0.2) is 4.79 Å². The van der Waals surface area contributed by atoms with Gasteiger partial charge in [0, 0.05) is 66.3 Å². The molecule has 5 rings (SSSR count). The number of hydrogen-bond donors (Lipinski definition) is 1. The summed E-state index contributed by atoms with van der Waals surface area (Å²) in [5, 5.41) is 4.46. The topological polar surface area (TPSA) is 70.7 Å². The molecular formula is C27H30N4O2. The molecule has 0 aliphatic carbocycles. The number of piperazine rings is 1. The average molecular weight is 443 g/mol. The van der Waals surface area contributed by atoms with E-state index in [2.05, 4.69) is 40.1 Å². The Morgan fingerprint density at radius 1 is 1.12 bits per heavy atom. The summed E-state index contributed by atoms with van der Waals surface area (Å²) in [4.78, 5) is 24.3. The third kappa shape index (κ3) is 4.91. The molecule has 0 amide bonds. The average Bonchev–Trinajstić information content (AvgIpc) is 3.04. The van der Waals surface area contributed by atoms with E-state index in [-0.39, 0.29) is 5.63 Å². The van der Waals surface area contributed by atoms with Crippen molar-refractivity contribution in [3.8, 4) is 0 Å². The second kappa shape index (κ2) is 9.32. The van der Waals surface area contributed by atoms with Crippen LogP contribution in [0.15, 0.2) is 68.9 Å². The number of fused-ring (bicyclic) bond motifs is 1. The number of allylic oxidation sites excluding steroid dienone is 1. The van der Waals surface area contributed by atoms with Gasteiger partial charge in [0.2, 0.25) is 0 Å². The van der Waals surface area contributed by atoms with E-state index in [0.29, 0.717) is 34.8 Å². The van der Waals surface area contributed by atoms with Gasteiger partial charge in [0.1, 0.15) is 5.58 Å². The summed E-state index contributed by atoms with van der Waals surface area (Å²) in [5.41, 5.74) is 3.64. The molecule has 6 nitrogen and oxygen atoms in total. The standard InChI is InChI=1S/C27H30N4O2/c1-18-16-31(17-19(2)30-18)23-10-9-21-13-24(27(32)33-26(21)14-23)25-8-5-6-20(15-29-25)12-22-7-3-4-11-28-22/h3-4,7-11,13-15,18-20,30H,5-6,12,16-17H2,1-2H3. The van der Waals surface area contributed by atoms with E-state index < -0.39 is 0 Å². The Balaban J connectivity index is 1.38. The van der Waals surface area contributed by atoms with E-state index in [1.165, 1.54) is 0 Å². The molecule has 1 saturated heterocycles. The number of hydrogen-bond acceptors (Lipinski definition) is 6. The van der Waals surface area contributed by atoms with Crippen LogP contribution in [0.5, 0.6) is 0 Å². The number of aliphatic imine (C=N–C) groups is 1. The highest BCUT2D eigenvalue weighted by atomic mass is 16.4. The van der Waals surface area contributed by atoms with Gasteiger partial charge in [-0.15, -0.1) is 0 Å². The maximum Gasteiger partial charge on any atom is 0.345 e. The molecule has 3 atom stereocenters. The van der Waals surface area contributed by atoms with Crippen LogP contribution in [0, 0.1) is 5.92 Å². The fourth-order valence-electron chi connectivity index (χ4n) is 4.88. The van der Waals surface area contributed by atoms with Crippen LogP contribution < -0.4 is 15.8 Å². The summed E-state index contributed by atoms with van der Waals surface area (Å²) in [6, 6.07) is 14.9. The first-order valence-corrected chi connectivity index (χ1v) is 11.8. The van der Waals surface area contributed by atoms with Crippen molar-refractivity contribution in [2.75, 3.05) is 18.0 Å². The van der Waals surface area contributed by atoms with Crippen LogP contribution >= 0.6 is 0 Å². The van der Waals surface area contributed by atoms with Crippen molar-refractivity contribution in [1.82, 2.24) is 10.3 Å². The third-order valence-electron chi connectivity index (χ3n) is 6.42. The van der Waals surface area contributed by atoms with Crippen LogP contribution in [0.1, 0.15) is 37.9 Å². The molecule has 6 heteroatoms. The van der Waals surface area contributed by atoms with Crippen molar-refractivity contribution in [2.45, 2.75) is 45.2 Å². The van der Waals surface area contributed by atoms with Gasteiger partial charge in [-0.3, -0.25) is 9.98 Å². The summed E-state index contributed by atoms with van der Waals surface area (Å²) in [6.45, 7) is 6.24. The zero-order chi connectivity index (χ0) is 22.8. The molecule has 4 heterocycles. The molecule has 0 radical (unpaired) electrons. The van der Waals surface area contributed by atoms with E-state index in [4.69, 9.17) is 4.42 Å². The lowest BCUT2D eigenvalue weighted by Gasteiger charge is -2.37. The monoisotopic (exact) mass is 442 g/mol. The van der Waals surface area contributed by atoms with E-state index in [9.17, 15) is 4.79 Å². The van der Waals surface area contributed by atoms with Gasteiger partial charge in [-0.05, 0) is 63.4 Å². The molecule has 2 aliphatic rings. The molecule has 33 heavy (non-hydrogen) atoms. The number of anilines is 1. The summed E-state index contributed by atoms with van der Waals surface area (Å²) in [7, 11) is 0. The Morgan fingerprint density at radius 3 is 2.76 bits per heavy atom. The molecule has 170 valence electrons. The zero-order valence-corrected chi connectivity index (χ0v) is 19.2. The molecule has 0 spiro atoms. The molecule has 3 unspecified atom stereocenters. The van der Waals surface area contributed by atoms with Gasteiger partial charge in [-0.1, -0.05) is 12.1 Å². The van der Waals surface area contributed by atoms with Crippen molar-refractivity contribution in [1.29, 1.82) is 0 Å². The van der Waals surface area contributed by atoms with Crippen molar-refractivity contribution in [3.05, 3.63) is 76.4 Å². The zero-order valence-electron chi connectivity index (χ0n) is 19.2. The number of aromatic nitrogens is 1. The fraction of sp³-hybridized carbons (Fsp3) is 0.370. The summed E-state index contributed by atoms with van der Waals surface area (Å²) < 4.78 is 5.77. The normalized spacial score (nSPS) is 23.4.